The van der Waals surface area contributed by atoms with Crippen LogP contribution >= 0.6 is 0 Å². The Bertz CT molecular complexity index is 575. The van der Waals surface area contributed by atoms with Gasteiger partial charge in [-0.1, -0.05) is 37.3 Å². The van der Waals surface area contributed by atoms with Gasteiger partial charge in [-0.3, -0.25) is 0 Å². The summed E-state index contributed by atoms with van der Waals surface area (Å²) in [5.74, 6) is 0.548. The minimum absolute atomic E-state index is 0.234. The van der Waals surface area contributed by atoms with E-state index in [0.717, 1.165) is 6.54 Å². The van der Waals surface area contributed by atoms with Gasteiger partial charge in [0, 0.05) is 6.54 Å². The summed E-state index contributed by atoms with van der Waals surface area (Å²) in [6, 6.07) is 11.8. The molecule has 1 heterocycles. The Morgan fingerprint density at radius 2 is 2.05 bits per heavy atom. The van der Waals surface area contributed by atoms with E-state index in [1.54, 1.807) is 13.0 Å². The predicted octanol–water partition coefficient (Wildman–Crippen LogP) is 3.18. The monoisotopic (exact) mass is 273 g/mol. The molecule has 4 heteroatoms. The highest BCUT2D eigenvalue weighted by Gasteiger charge is 2.13. The highest BCUT2D eigenvalue weighted by molar-refractivity contribution is 5.88. The molecule has 4 nitrogen and oxygen atoms in total. The summed E-state index contributed by atoms with van der Waals surface area (Å²) in [5, 5.41) is 12.3. The summed E-state index contributed by atoms with van der Waals surface area (Å²) >= 11 is 0. The number of aromatic carboxylic acids is 1. The van der Waals surface area contributed by atoms with Crippen molar-refractivity contribution in [3.63, 3.8) is 0 Å². The van der Waals surface area contributed by atoms with E-state index in [1.165, 1.54) is 5.56 Å². The van der Waals surface area contributed by atoms with Crippen molar-refractivity contribution in [2.45, 2.75) is 26.3 Å². The number of aryl methyl sites for hydroxylation is 1. The minimum Gasteiger partial charge on any atom is -0.478 e. The SMILES string of the molecule is Cc1oc(CNCC(C)c2ccccc2)cc1C(=O)O. The molecule has 0 bridgehead atoms. The molecule has 0 aliphatic rings. The van der Waals surface area contributed by atoms with Crippen LogP contribution in [0.25, 0.3) is 0 Å². The molecule has 0 spiro atoms. The molecule has 1 atom stereocenters. The molecule has 1 aromatic heterocycles. The normalized spacial score (nSPS) is 12.3. The molecule has 0 saturated heterocycles. The molecule has 0 saturated carbocycles. The van der Waals surface area contributed by atoms with E-state index < -0.39 is 5.97 Å². The summed E-state index contributed by atoms with van der Waals surface area (Å²) in [5.41, 5.74) is 1.51. The van der Waals surface area contributed by atoms with Crippen LogP contribution in [0.1, 0.15) is 40.3 Å². The van der Waals surface area contributed by atoms with E-state index in [1.807, 2.05) is 18.2 Å². The summed E-state index contributed by atoms with van der Waals surface area (Å²) in [6.45, 7) is 5.16. The maximum atomic E-state index is 10.9. The van der Waals surface area contributed by atoms with E-state index in [4.69, 9.17) is 9.52 Å². The summed E-state index contributed by atoms with van der Waals surface area (Å²) in [7, 11) is 0. The predicted molar refractivity (Wildman–Crippen MR) is 77.0 cm³/mol. The largest absolute Gasteiger partial charge is 0.478 e. The van der Waals surface area contributed by atoms with Crippen LogP contribution in [0.5, 0.6) is 0 Å². The number of carbonyl (C=O) groups is 1. The molecule has 0 amide bonds. The number of carboxylic acid groups (broad SMARTS) is 1. The Balaban J connectivity index is 1.87. The maximum Gasteiger partial charge on any atom is 0.339 e. The number of hydrogen-bond acceptors (Lipinski definition) is 3. The first-order valence-electron chi connectivity index (χ1n) is 6.66. The summed E-state index contributed by atoms with van der Waals surface area (Å²) < 4.78 is 5.42. The molecule has 0 fully saturated rings. The second-order valence-corrected chi connectivity index (χ2v) is 4.93. The van der Waals surface area contributed by atoms with E-state index in [-0.39, 0.29) is 5.56 Å². The Hall–Kier alpha value is -2.07. The molecule has 1 unspecified atom stereocenters. The average Bonchev–Trinajstić information content (AvgIpc) is 2.81. The van der Waals surface area contributed by atoms with Crippen LogP contribution in [0.3, 0.4) is 0 Å². The van der Waals surface area contributed by atoms with Crippen molar-refractivity contribution in [1.82, 2.24) is 5.32 Å². The fraction of sp³-hybridized carbons (Fsp3) is 0.312. The molecule has 2 aromatic rings. The molecule has 20 heavy (non-hydrogen) atoms. The molecule has 0 aliphatic carbocycles. The van der Waals surface area contributed by atoms with Gasteiger partial charge in [0.2, 0.25) is 0 Å². The zero-order valence-electron chi connectivity index (χ0n) is 11.7. The van der Waals surface area contributed by atoms with Crippen LogP contribution in [0.15, 0.2) is 40.8 Å². The molecule has 0 aliphatic heterocycles. The zero-order valence-corrected chi connectivity index (χ0v) is 11.7. The number of furan rings is 1. The molecule has 2 N–H and O–H groups in total. The first kappa shape index (κ1) is 14.3. The second-order valence-electron chi connectivity index (χ2n) is 4.93. The lowest BCUT2D eigenvalue weighted by molar-refractivity contribution is 0.0695. The van der Waals surface area contributed by atoms with E-state index in [0.29, 0.717) is 24.0 Å². The molecule has 1 aromatic carbocycles. The quantitative estimate of drug-likeness (QED) is 0.848. The van der Waals surface area contributed by atoms with Gasteiger partial charge in [0.25, 0.3) is 0 Å². The Kier molecular flexibility index (Phi) is 4.58. The number of nitrogens with one attached hydrogen (secondary N) is 1. The van der Waals surface area contributed by atoms with Gasteiger partial charge in [-0.25, -0.2) is 4.79 Å². The molecule has 106 valence electrons. The van der Waals surface area contributed by atoms with Crippen molar-refractivity contribution in [2.75, 3.05) is 6.54 Å². The lowest BCUT2D eigenvalue weighted by atomic mass is 10.0. The van der Waals surface area contributed by atoms with Gasteiger partial charge in [0.1, 0.15) is 17.1 Å². The van der Waals surface area contributed by atoms with Gasteiger partial charge in [-0.15, -0.1) is 0 Å². The van der Waals surface area contributed by atoms with Gasteiger partial charge < -0.3 is 14.8 Å². The second kappa shape index (κ2) is 6.39. The van der Waals surface area contributed by atoms with Crippen molar-refractivity contribution >= 4 is 5.97 Å². The van der Waals surface area contributed by atoms with Crippen molar-refractivity contribution in [2.24, 2.45) is 0 Å². The standard InChI is InChI=1S/C16H19NO3/c1-11(13-6-4-3-5-7-13)9-17-10-14-8-15(16(18)19)12(2)20-14/h3-8,11,17H,9-10H2,1-2H3,(H,18,19). The van der Waals surface area contributed by atoms with Gasteiger partial charge in [-0.05, 0) is 24.5 Å². The van der Waals surface area contributed by atoms with Gasteiger partial charge in [0.15, 0.2) is 0 Å². The van der Waals surface area contributed by atoms with E-state index >= 15 is 0 Å². The van der Waals surface area contributed by atoms with Crippen molar-refractivity contribution in [3.8, 4) is 0 Å². The van der Waals surface area contributed by atoms with Gasteiger partial charge in [0.05, 0.1) is 6.54 Å². The van der Waals surface area contributed by atoms with Crippen molar-refractivity contribution < 1.29 is 14.3 Å². The van der Waals surface area contributed by atoms with Crippen LogP contribution in [0.2, 0.25) is 0 Å². The number of rotatable bonds is 6. The highest BCUT2D eigenvalue weighted by atomic mass is 16.4. The Morgan fingerprint density at radius 3 is 2.65 bits per heavy atom. The van der Waals surface area contributed by atoms with Crippen LogP contribution in [-0.4, -0.2) is 17.6 Å². The zero-order chi connectivity index (χ0) is 14.5. The molecular formula is C16H19NO3. The van der Waals surface area contributed by atoms with Gasteiger partial charge >= 0.3 is 5.97 Å². The molecule has 0 radical (unpaired) electrons. The fourth-order valence-corrected chi connectivity index (χ4v) is 2.15. The third-order valence-corrected chi connectivity index (χ3v) is 3.32. The van der Waals surface area contributed by atoms with Crippen molar-refractivity contribution in [1.29, 1.82) is 0 Å². The van der Waals surface area contributed by atoms with Crippen LogP contribution in [-0.2, 0) is 6.54 Å². The highest BCUT2D eigenvalue weighted by Crippen LogP contribution is 2.16. The average molecular weight is 273 g/mol. The van der Waals surface area contributed by atoms with E-state index in [2.05, 4.69) is 24.4 Å². The lowest BCUT2D eigenvalue weighted by Gasteiger charge is -2.12. The maximum absolute atomic E-state index is 10.9. The van der Waals surface area contributed by atoms with Crippen molar-refractivity contribution in [3.05, 3.63) is 59.0 Å². The Labute approximate surface area is 118 Å². The number of benzene rings is 1. The fourth-order valence-electron chi connectivity index (χ4n) is 2.15. The lowest BCUT2D eigenvalue weighted by Crippen LogP contribution is -2.19. The summed E-state index contributed by atoms with van der Waals surface area (Å²) in [4.78, 5) is 10.9. The topological polar surface area (TPSA) is 62.5 Å². The first-order valence-corrected chi connectivity index (χ1v) is 6.66. The third kappa shape index (κ3) is 3.48. The summed E-state index contributed by atoms with van der Waals surface area (Å²) in [6.07, 6.45) is 0. The first-order chi connectivity index (χ1) is 9.58. The smallest absolute Gasteiger partial charge is 0.339 e. The van der Waals surface area contributed by atoms with Gasteiger partial charge in [-0.2, -0.15) is 0 Å². The van der Waals surface area contributed by atoms with E-state index in [9.17, 15) is 4.79 Å². The minimum atomic E-state index is -0.949. The molecular weight excluding hydrogens is 254 g/mol. The van der Waals surface area contributed by atoms with Crippen LogP contribution in [0.4, 0.5) is 0 Å². The van der Waals surface area contributed by atoms with Crippen LogP contribution < -0.4 is 5.32 Å². The number of hydrogen-bond donors (Lipinski definition) is 2. The number of carboxylic acids is 1. The molecule has 2 rings (SSSR count). The third-order valence-electron chi connectivity index (χ3n) is 3.32. The van der Waals surface area contributed by atoms with Crippen LogP contribution in [0, 0.1) is 6.92 Å². The Morgan fingerprint density at radius 1 is 1.35 bits per heavy atom.